The summed E-state index contributed by atoms with van der Waals surface area (Å²) in [5.41, 5.74) is 3.21. The molecule has 1 aliphatic heterocycles. The summed E-state index contributed by atoms with van der Waals surface area (Å²) in [6, 6.07) is 14.2. The van der Waals surface area contributed by atoms with Gasteiger partial charge in [-0.2, -0.15) is 0 Å². The highest BCUT2D eigenvalue weighted by Crippen LogP contribution is 2.24. The average Bonchev–Trinajstić information content (AvgIpc) is 3.29. The Bertz CT molecular complexity index is 1060. The number of amides is 1. The van der Waals surface area contributed by atoms with Crippen LogP contribution in [0.2, 0.25) is 0 Å². The second-order valence-electron chi connectivity index (χ2n) is 7.32. The summed E-state index contributed by atoms with van der Waals surface area (Å²) in [6.07, 6.45) is 0. The molecule has 8 heteroatoms. The molecule has 1 saturated heterocycles. The zero-order chi connectivity index (χ0) is 21.8. The Balaban J connectivity index is 1.27. The second-order valence-corrected chi connectivity index (χ2v) is 8.18. The van der Waals surface area contributed by atoms with Crippen molar-refractivity contribution in [1.29, 1.82) is 0 Å². The summed E-state index contributed by atoms with van der Waals surface area (Å²) in [5.74, 6) is -1.11. The molecule has 6 nitrogen and oxygen atoms in total. The summed E-state index contributed by atoms with van der Waals surface area (Å²) in [5, 5.41) is 2.37. The van der Waals surface area contributed by atoms with Crippen molar-refractivity contribution in [3.8, 4) is 10.6 Å². The summed E-state index contributed by atoms with van der Waals surface area (Å²) < 4.78 is 18.3. The van der Waals surface area contributed by atoms with E-state index in [-0.39, 0.29) is 24.0 Å². The van der Waals surface area contributed by atoms with E-state index in [4.69, 9.17) is 4.74 Å². The minimum Gasteiger partial charge on any atom is -0.451 e. The first kappa shape index (κ1) is 21.0. The van der Waals surface area contributed by atoms with Crippen LogP contribution in [0.15, 0.2) is 53.9 Å². The molecule has 4 rings (SSSR count). The molecule has 1 amide bonds. The minimum absolute atomic E-state index is 0.203. The molecule has 1 aromatic heterocycles. The van der Waals surface area contributed by atoms with Gasteiger partial charge in [-0.1, -0.05) is 29.8 Å². The van der Waals surface area contributed by atoms with E-state index in [9.17, 15) is 14.0 Å². The quantitative estimate of drug-likeness (QED) is 0.567. The van der Waals surface area contributed by atoms with Crippen LogP contribution in [0.4, 0.5) is 10.1 Å². The number of benzene rings is 2. The van der Waals surface area contributed by atoms with Gasteiger partial charge in [0.25, 0.3) is 5.91 Å². The monoisotopic (exact) mass is 439 g/mol. The Hall–Kier alpha value is -3.26. The van der Waals surface area contributed by atoms with Gasteiger partial charge in [-0.05, 0) is 31.2 Å². The lowest BCUT2D eigenvalue weighted by molar-refractivity contribution is -0.134. The van der Waals surface area contributed by atoms with Gasteiger partial charge in [0, 0.05) is 42.8 Å². The van der Waals surface area contributed by atoms with Gasteiger partial charge in [-0.25, -0.2) is 14.2 Å². The van der Waals surface area contributed by atoms with Crippen LogP contribution in [0.1, 0.15) is 16.1 Å². The molecular weight excluding hydrogens is 417 g/mol. The minimum atomic E-state index is -0.604. The third kappa shape index (κ3) is 5.08. The lowest BCUT2D eigenvalue weighted by Crippen LogP contribution is -2.49. The first-order valence-electron chi connectivity index (χ1n) is 9.97. The van der Waals surface area contributed by atoms with Crippen molar-refractivity contribution in [3.05, 3.63) is 71.0 Å². The highest BCUT2D eigenvalue weighted by atomic mass is 32.1. The van der Waals surface area contributed by atoms with Crippen LogP contribution in [-0.4, -0.2) is 54.5 Å². The van der Waals surface area contributed by atoms with Gasteiger partial charge in [-0.3, -0.25) is 4.79 Å². The van der Waals surface area contributed by atoms with Crippen LogP contribution >= 0.6 is 11.3 Å². The van der Waals surface area contributed by atoms with Crippen molar-refractivity contribution in [2.24, 2.45) is 0 Å². The molecule has 0 saturated carbocycles. The zero-order valence-electron chi connectivity index (χ0n) is 17.1. The Morgan fingerprint density at radius 1 is 1.03 bits per heavy atom. The molecular formula is C23H22FN3O3S. The number of aromatic nitrogens is 1. The lowest BCUT2D eigenvalue weighted by atomic mass is 10.2. The first-order valence-corrected chi connectivity index (χ1v) is 10.9. The molecule has 160 valence electrons. The van der Waals surface area contributed by atoms with Crippen LogP contribution in [0.25, 0.3) is 10.6 Å². The molecule has 1 fully saturated rings. The largest absolute Gasteiger partial charge is 0.451 e. The molecule has 0 unspecified atom stereocenters. The number of rotatable bonds is 5. The maximum absolute atomic E-state index is 13.1. The molecule has 0 radical (unpaired) electrons. The number of nitrogens with zero attached hydrogens (tertiary/aromatic N) is 3. The highest BCUT2D eigenvalue weighted by molar-refractivity contribution is 7.13. The molecule has 31 heavy (non-hydrogen) atoms. The first-order chi connectivity index (χ1) is 15.0. The Morgan fingerprint density at radius 3 is 2.39 bits per heavy atom. The Labute approximate surface area is 183 Å². The maximum Gasteiger partial charge on any atom is 0.358 e. The van der Waals surface area contributed by atoms with Gasteiger partial charge >= 0.3 is 5.97 Å². The number of halogens is 1. The van der Waals surface area contributed by atoms with Crippen molar-refractivity contribution in [1.82, 2.24) is 9.88 Å². The topological polar surface area (TPSA) is 62.7 Å². The Morgan fingerprint density at radius 2 is 1.71 bits per heavy atom. The SMILES string of the molecule is Cc1ccc(-c2nc(C(=O)OCC(=O)N3CCN(c4ccc(F)cc4)CC3)cs2)cc1. The van der Waals surface area contributed by atoms with Crippen LogP contribution in [-0.2, 0) is 9.53 Å². The van der Waals surface area contributed by atoms with Crippen molar-refractivity contribution < 1.29 is 18.7 Å². The number of piperazine rings is 1. The highest BCUT2D eigenvalue weighted by Gasteiger charge is 2.23. The number of esters is 1. The maximum atomic E-state index is 13.1. The summed E-state index contributed by atoms with van der Waals surface area (Å²) in [4.78, 5) is 32.9. The van der Waals surface area contributed by atoms with Crippen LogP contribution in [0.5, 0.6) is 0 Å². The van der Waals surface area contributed by atoms with E-state index in [0.717, 1.165) is 21.8 Å². The van der Waals surface area contributed by atoms with E-state index < -0.39 is 5.97 Å². The number of aryl methyl sites for hydroxylation is 1. The van der Waals surface area contributed by atoms with E-state index in [1.165, 1.54) is 23.5 Å². The number of anilines is 1. The lowest BCUT2D eigenvalue weighted by Gasteiger charge is -2.36. The molecule has 0 atom stereocenters. The number of carbonyl (C=O) groups is 2. The van der Waals surface area contributed by atoms with Gasteiger partial charge in [0.15, 0.2) is 12.3 Å². The smallest absolute Gasteiger partial charge is 0.358 e. The van der Waals surface area contributed by atoms with E-state index in [2.05, 4.69) is 9.88 Å². The summed E-state index contributed by atoms with van der Waals surface area (Å²) in [7, 11) is 0. The van der Waals surface area contributed by atoms with Crippen LogP contribution in [0.3, 0.4) is 0 Å². The van der Waals surface area contributed by atoms with Crippen LogP contribution in [0, 0.1) is 12.7 Å². The van der Waals surface area contributed by atoms with E-state index in [0.29, 0.717) is 26.2 Å². The average molecular weight is 440 g/mol. The van der Waals surface area contributed by atoms with E-state index >= 15 is 0 Å². The fourth-order valence-electron chi connectivity index (χ4n) is 3.35. The van der Waals surface area contributed by atoms with Crippen molar-refractivity contribution in [3.63, 3.8) is 0 Å². The fraction of sp³-hybridized carbons (Fsp3) is 0.261. The third-order valence-electron chi connectivity index (χ3n) is 5.16. The number of ether oxygens (including phenoxy) is 1. The zero-order valence-corrected chi connectivity index (χ0v) is 17.9. The number of hydrogen-bond acceptors (Lipinski definition) is 6. The molecule has 0 bridgehead atoms. The molecule has 0 spiro atoms. The number of thiazole rings is 1. The van der Waals surface area contributed by atoms with Crippen molar-refractivity contribution >= 4 is 28.9 Å². The second kappa shape index (κ2) is 9.26. The van der Waals surface area contributed by atoms with Gasteiger partial charge < -0.3 is 14.5 Å². The standard InChI is InChI=1S/C23H22FN3O3S/c1-16-2-4-17(5-3-16)22-25-20(15-31-22)23(29)30-14-21(28)27-12-10-26(11-13-27)19-8-6-18(24)7-9-19/h2-9,15H,10-14H2,1H3. The van der Waals surface area contributed by atoms with Gasteiger partial charge in [0.2, 0.25) is 0 Å². The Kier molecular flexibility index (Phi) is 6.27. The number of hydrogen-bond donors (Lipinski definition) is 0. The van der Waals surface area contributed by atoms with Crippen molar-refractivity contribution in [2.75, 3.05) is 37.7 Å². The fourth-order valence-corrected chi connectivity index (χ4v) is 4.15. The molecule has 3 aromatic rings. The summed E-state index contributed by atoms with van der Waals surface area (Å²) >= 11 is 1.36. The predicted molar refractivity (Wildman–Crippen MR) is 118 cm³/mol. The molecule has 2 aromatic carbocycles. The molecule has 0 aliphatic carbocycles. The van der Waals surface area contributed by atoms with E-state index in [1.807, 2.05) is 31.2 Å². The van der Waals surface area contributed by atoms with Gasteiger partial charge in [-0.15, -0.1) is 11.3 Å². The van der Waals surface area contributed by atoms with Gasteiger partial charge in [0.1, 0.15) is 10.8 Å². The van der Waals surface area contributed by atoms with Crippen LogP contribution < -0.4 is 4.90 Å². The predicted octanol–water partition coefficient (Wildman–Crippen LogP) is 3.76. The normalized spacial score (nSPS) is 13.9. The molecule has 0 N–H and O–H groups in total. The van der Waals surface area contributed by atoms with Gasteiger partial charge in [0.05, 0.1) is 0 Å². The third-order valence-corrected chi connectivity index (χ3v) is 6.05. The van der Waals surface area contributed by atoms with Crippen molar-refractivity contribution in [2.45, 2.75) is 6.92 Å². The summed E-state index contributed by atoms with van der Waals surface area (Å²) in [6.45, 7) is 4.00. The molecule has 1 aliphatic rings. The number of carbonyl (C=O) groups excluding carboxylic acids is 2. The van der Waals surface area contributed by atoms with E-state index in [1.54, 1.807) is 22.4 Å². The molecule has 2 heterocycles.